The molecule has 3 heterocycles. The van der Waals surface area contributed by atoms with Crippen LogP contribution in [0.1, 0.15) is 15.9 Å². The molecule has 0 aliphatic carbocycles. The van der Waals surface area contributed by atoms with E-state index in [9.17, 15) is 4.79 Å². The molecular weight excluding hydrogens is 394 g/mol. The SMILES string of the molecule is COC(=O)c1cnnc(-c2cnc3cc(N(C)Cc4ccc(OC)cc4)ncc3c2)c1. The van der Waals surface area contributed by atoms with E-state index in [2.05, 4.69) is 25.1 Å². The maximum absolute atomic E-state index is 11.7. The molecule has 0 radical (unpaired) electrons. The Bertz CT molecular complexity index is 1230. The van der Waals surface area contributed by atoms with Crippen LogP contribution < -0.4 is 9.64 Å². The fourth-order valence-corrected chi connectivity index (χ4v) is 3.18. The monoisotopic (exact) mass is 415 g/mol. The maximum atomic E-state index is 11.7. The summed E-state index contributed by atoms with van der Waals surface area (Å²) < 4.78 is 9.95. The van der Waals surface area contributed by atoms with Crippen molar-refractivity contribution in [3.05, 3.63) is 72.2 Å². The summed E-state index contributed by atoms with van der Waals surface area (Å²) >= 11 is 0. The smallest absolute Gasteiger partial charge is 0.339 e. The molecule has 8 nitrogen and oxygen atoms in total. The van der Waals surface area contributed by atoms with Crippen molar-refractivity contribution in [2.45, 2.75) is 6.54 Å². The van der Waals surface area contributed by atoms with E-state index >= 15 is 0 Å². The molecule has 8 heteroatoms. The molecule has 0 aliphatic rings. The van der Waals surface area contributed by atoms with Crippen LogP contribution in [0.5, 0.6) is 5.75 Å². The maximum Gasteiger partial charge on any atom is 0.339 e. The second kappa shape index (κ2) is 8.74. The Morgan fingerprint density at radius 1 is 1.00 bits per heavy atom. The van der Waals surface area contributed by atoms with Gasteiger partial charge < -0.3 is 14.4 Å². The zero-order valence-corrected chi connectivity index (χ0v) is 17.4. The quantitative estimate of drug-likeness (QED) is 0.442. The summed E-state index contributed by atoms with van der Waals surface area (Å²) in [7, 11) is 4.97. The predicted octanol–water partition coefficient (Wildman–Crippen LogP) is 3.52. The van der Waals surface area contributed by atoms with Crippen LogP contribution in [0.15, 0.2) is 61.1 Å². The molecule has 4 rings (SSSR count). The fraction of sp³-hybridized carbons (Fsp3) is 0.174. The largest absolute Gasteiger partial charge is 0.497 e. The highest BCUT2D eigenvalue weighted by molar-refractivity contribution is 5.90. The number of carbonyl (C=O) groups excluding carboxylic acids is 1. The lowest BCUT2D eigenvalue weighted by atomic mass is 10.1. The summed E-state index contributed by atoms with van der Waals surface area (Å²) in [4.78, 5) is 22.9. The lowest BCUT2D eigenvalue weighted by Crippen LogP contribution is -2.17. The van der Waals surface area contributed by atoms with E-state index in [0.29, 0.717) is 17.8 Å². The highest BCUT2D eigenvalue weighted by Crippen LogP contribution is 2.24. The molecule has 31 heavy (non-hydrogen) atoms. The molecule has 0 bridgehead atoms. The zero-order valence-electron chi connectivity index (χ0n) is 17.4. The lowest BCUT2D eigenvalue weighted by molar-refractivity contribution is 0.0600. The van der Waals surface area contributed by atoms with Crippen molar-refractivity contribution in [2.24, 2.45) is 0 Å². The summed E-state index contributed by atoms with van der Waals surface area (Å²) in [6.45, 7) is 0.705. The van der Waals surface area contributed by atoms with Gasteiger partial charge in [-0.3, -0.25) is 4.98 Å². The van der Waals surface area contributed by atoms with Crippen LogP contribution in [-0.2, 0) is 11.3 Å². The van der Waals surface area contributed by atoms with E-state index in [0.717, 1.165) is 33.6 Å². The third-order valence-corrected chi connectivity index (χ3v) is 4.89. The molecule has 0 amide bonds. The molecule has 0 atom stereocenters. The first kappa shape index (κ1) is 20.2. The second-order valence-corrected chi connectivity index (χ2v) is 6.98. The van der Waals surface area contributed by atoms with Crippen LogP contribution in [0.3, 0.4) is 0 Å². The molecule has 0 unspecified atom stereocenters. The number of carbonyl (C=O) groups is 1. The van der Waals surface area contributed by atoms with Crippen LogP contribution in [0.2, 0.25) is 0 Å². The number of esters is 1. The molecule has 0 saturated heterocycles. The van der Waals surface area contributed by atoms with Crippen LogP contribution in [0.4, 0.5) is 5.82 Å². The number of ether oxygens (including phenoxy) is 2. The van der Waals surface area contributed by atoms with Gasteiger partial charge >= 0.3 is 5.97 Å². The molecule has 0 N–H and O–H groups in total. The van der Waals surface area contributed by atoms with Crippen molar-refractivity contribution in [2.75, 3.05) is 26.2 Å². The fourth-order valence-electron chi connectivity index (χ4n) is 3.18. The van der Waals surface area contributed by atoms with Crippen LogP contribution >= 0.6 is 0 Å². The molecule has 156 valence electrons. The zero-order chi connectivity index (χ0) is 21.8. The molecule has 0 aliphatic heterocycles. The average molecular weight is 415 g/mol. The van der Waals surface area contributed by atoms with Gasteiger partial charge in [-0.25, -0.2) is 9.78 Å². The number of aromatic nitrogens is 4. The molecule has 1 aromatic carbocycles. The minimum absolute atomic E-state index is 0.334. The van der Waals surface area contributed by atoms with Gasteiger partial charge in [0.05, 0.1) is 37.2 Å². The summed E-state index contributed by atoms with van der Waals surface area (Å²) in [5.41, 5.74) is 3.58. The number of pyridine rings is 2. The number of fused-ring (bicyclic) bond motifs is 1. The Morgan fingerprint density at radius 3 is 2.55 bits per heavy atom. The van der Waals surface area contributed by atoms with Crippen LogP contribution in [0.25, 0.3) is 22.2 Å². The molecule has 0 spiro atoms. The van der Waals surface area contributed by atoms with Gasteiger partial charge in [0.25, 0.3) is 0 Å². The third kappa shape index (κ3) is 4.42. The van der Waals surface area contributed by atoms with Gasteiger partial charge in [0, 0.05) is 43.0 Å². The first-order chi connectivity index (χ1) is 15.1. The normalized spacial score (nSPS) is 10.7. The molecule has 4 aromatic rings. The lowest BCUT2D eigenvalue weighted by Gasteiger charge is -2.18. The van der Waals surface area contributed by atoms with Gasteiger partial charge in [0.1, 0.15) is 11.6 Å². The van der Waals surface area contributed by atoms with E-state index in [1.165, 1.54) is 13.3 Å². The molecule has 0 saturated carbocycles. The van der Waals surface area contributed by atoms with Gasteiger partial charge in [-0.2, -0.15) is 10.2 Å². The average Bonchev–Trinajstić information content (AvgIpc) is 2.83. The molecular formula is C23H21N5O3. The third-order valence-electron chi connectivity index (χ3n) is 4.89. The van der Waals surface area contributed by atoms with Crippen LogP contribution in [0, 0.1) is 0 Å². The van der Waals surface area contributed by atoms with Crippen molar-refractivity contribution in [3.8, 4) is 17.0 Å². The molecule has 3 aromatic heterocycles. The van der Waals surface area contributed by atoms with E-state index in [1.54, 1.807) is 25.6 Å². The standard InChI is InChI=1S/C23H21N5O3/c1-28(14-15-4-6-19(30-2)7-5-15)22-10-20-16(12-25-22)8-17(11-24-20)21-9-18(13-26-27-21)23(29)31-3/h4-13H,14H2,1-3H3. The van der Waals surface area contributed by atoms with Gasteiger partial charge in [-0.05, 0) is 29.8 Å². The Morgan fingerprint density at radius 2 is 1.81 bits per heavy atom. The Labute approximate surface area is 179 Å². The summed E-state index contributed by atoms with van der Waals surface area (Å²) in [6, 6.07) is 13.4. The van der Waals surface area contributed by atoms with Crippen molar-refractivity contribution in [1.29, 1.82) is 0 Å². The Balaban J connectivity index is 1.57. The summed E-state index contributed by atoms with van der Waals surface area (Å²) in [6.07, 6.45) is 4.86. The number of hydrogen-bond acceptors (Lipinski definition) is 8. The Kier molecular flexibility index (Phi) is 5.70. The number of methoxy groups -OCH3 is 2. The number of benzene rings is 1. The van der Waals surface area contributed by atoms with E-state index in [1.807, 2.05) is 43.4 Å². The number of anilines is 1. The van der Waals surface area contributed by atoms with Gasteiger partial charge in [-0.15, -0.1) is 0 Å². The highest BCUT2D eigenvalue weighted by atomic mass is 16.5. The van der Waals surface area contributed by atoms with Gasteiger partial charge in [-0.1, -0.05) is 12.1 Å². The van der Waals surface area contributed by atoms with Crippen LogP contribution in [-0.4, -0.2) is 47.4 Å². The Hall–Kier alpha value is -4.07. The summed E-state index contributed by atoms with van der Waals surface area (Å²) in [5.74, 6) is 1.18. The van der Waals surface area contributed by atoms with Crippen molar-refractivity contribution in [1.82, 2.24) is 20.2 Å². The molecule has 0 fully saturated rings. The van der Waals surface area contributed by atoms with E-state index in [-0.39, 0.29) is 0 Å². The predicted molar refractivity (Wildman–Crippen MR) is 117 cm³/mol. The van der Waals surface area contributed by atoms with Crippen molar-refractivity contribution in [3.63, 3.8) is 0 Å². The minimum Gasteiger partial charge on any atom is -0.497 e. The number of hydrogen-bond donors (Lipinski definition) is 0. The van der Waals surface area contributed by atoms with E-state index in [4.69, 9.17) is 9.47 Å². The number of rotatable bonds is 6. The van der Waals surface area contributed by atoms with Crippen molar-refractivity contribution >= 4 is 22.7 Å². The van der Waals surface area contributed by atoms with Gasteiger partial charge in [0.15, 0.2) is 0 Å². The second-order valence-electron chi connectivity index (χ2n) is 6.98. The van der Waals surface area contributed by atoms with E-state index < -0.39 is 5.97 Å². The minimum atomic E-state index is -0.462. The highest BCUT2D eigenvalue weighted by Gasteiger charge is 2.11. The van der Waals surface area contributed by atoms with Crippen molar-refractivity contribution < 1.29 is 14.3 Å². The summed E-state index contributed by atoms with van der Waals surface area (Å²) in [5, 5.41) is 8.86. The topological polar surface area (TPSA) is 90.3 Å². The van der Waals surface area contributed by atoms with Gasteiger partial charge in [0.2, 0.25) is 0 Å². The first-order valence-corrected chi connectivity index (χ1v) is 9.58. The number of nitrogens with zero attached hydrogens (tertiary/aromatic N) is 5. The first-order valence-electron chi connectivity index (χ1n) is 9.58.